The predicted molar refractivity (Wildman–Crippen MR) is 55.5 cm³/mol. The van der Waals surface area contributed by atoms with Crippen LogP contribution >= 0.6 is 0 Å². The minimum atomic E-state index is -1.41. The molecule has 1 aliphatic rings. The maximum absolute atomic E-state index is 13.6. The summed E-state index contributed by atoms with van der Waals surface area (Å²) in [5.74, 6) is 1.04. The first kappa shape index (κ1) is 10.6. The SMILES string of the molecule is CC(C)(F)c1coc(C2CCNCC2)n1. The van der Waals surface area contributed by atoms with Crippen LogP contribution in [-0.2, 0) is 5.67 Å². The Labute approximate surface area is 89.1 Å². The molecule has 0 spiro atoms. The number of oxazole rings is 1. The Morgan fingerprint density at radius 3 is 2.67 bits per heavy atom. The second kappa shape index (κ2) is 3.93. The Bertz CT molecular complexity index is 324. The minimum absolute atomic E-state index is 0.349. The van der Waals surface area contributed by atoms with Crippen molar-refractivity contribution in [3.05, 3.63) is 17.8 Å². The van der Waals surface area contributed by atoms with Crippen LogP contribution in [-0.4, -0.2) is 18.1 Å². The summed E-state index contributed by atoms with van der Waals surface area (Å²) >= 11 is 0. The third-order valence-corrected chi connectivity index (χ3v) is 2.82. The van der Waals surface area contributed by atoms with Gasteiger partial charge < -0.3 is 9.73 Å². The van der Waals surface area contributed by atoms with Crippen molar-refractivity contribution in [2.75, 3.05) is 13.1 Å². The van der Waals surface area contributed by atoms with Crippen LogP contribution in [0.2, 0.25) is 0 Å². The Morgan fingerprint density at radius 1 is 1.47 bits per heavy atom. The van der Waals surface area contributed by atoms with Gasteiger partial charge in [-0.2, -0.15) is 0 Å². The third-order valence-electron chi connectivity index (χ3n) is 2.82. The van der Waals surface area contributed by atoms with Gasteiger partial charge in [-0.15, -0.1) is 0 Å². The molecule has 0 aliphatic carbocycles. The Kier molecular flexibility index (Phi) is 2.78. The van der Waals surface area contributed by atoms with Crippen LogP contribution in [0.15, 0.2) is 10.7 Å². The van der Waals surface area contributed by atoms with E-state index >= 15 is 0 Å². The molecule has 3 nitrogen and oxygen atoms in total. The Hall–Kier alpha value is -0.900. The van der Waals surface area contributed by atoms with Gasteiger partial charge in [0, 0.05) is 5.92 Å². The fourth-order valence-corrected chi connectivity index (χ4v) is 1.82. The molecular weight excluding hydrogens is 195 g/mol. The quantitative estimate of drug-likeness (QED) is 0.817. The zero-order valence-corrected chi connectivity index (χ0v) is 9.22. The molecule has 1 N–H and O–H groups in total. The number of halogens is 1. The van der Waals surface area contributed by atoms with Crippen molar-refractivity contribution in [2.24, 2.45) is 0 Å². The third kappa shape index (κ3) is 2.37. The number of nitrogens with one attached hydrogen (secondary N) is 1. The average molecular weight is 212 g/mol. The molecule has 0 unspecified atom stereocenters. The standard InChI is InChI=1S/C11H17FN2O/c1-11(2,12)9-7-15-10(14-9)8-3-5-13-6-4-8/h7-8,13H,3-6H2,1-2H3. The van der Waals surface area contributed by atoms with Gasteiger partial charge in [0.25, 0.3) is 0 Å². The largest absolute Gasteiger partial charge is 0.448 e. The van der Waals surface area contributed by atoms with Crippen LogP contribution in [0, 0.1) is 0 Å². The van der Waals surface area contributed by atoms with E-state index in [2.05, 4.69) is 10.3 Å². The van der Waals surface area contributed by atoms with Gasteiger partial charge in [0.1, 0.15) is 17.6 Å². The summed E-state index contributed by atoms with van der Waals surface area (Å²) in [6.45, 7) is 4.97. The van der Waals surface area contributed by atoms with Crippen molar-refractivity contribution in [1.82, 2.24) is 10.3 Å². The monoisotopic (exact) mass is 212 g/mol. The number of hydrogen-bond acceptors (Lipinski definition) is 3. The molecule has 0 bridgehead atoms. The van der Waals surface area contributed by atoms with E-state index in [9.17, 15) is 4.39 Å². The van der Waals surface area contributed by atoms with E-state index in [0.717, 1.165) is 25.9 Å². The second-order valence-electron chi connectivity index (χ2n) is 4.57. The summed E-state index contributed by atoms with van der Waals surface area (Å²) in [5.41, 5.74) is -1.01. The molecule has 0 saturated carbocycles. The van der Waals surface area contributed by atoms with Gasteiger partial charge in [-0.25, -0.2) is 9.37 Å². The molecular formula is C11H17FN2O. The van der Waals surface area contributed by atoms with Gasteiger partial charge in [-0.3, -0.25) is 0 Å². The maximum Gasteiger partial charge on any atom is 0.197 e. The lowest BCUT2D eigenvalue weighted by molar-refractivity contribution is 0.214. The van der Waals surface area contributed by atoms with E-state index in [4.69, 9.17) is 4.42 Å². The number of alkyl halides is 1. The highest BCUT2D eigenvalue weighted by molar-refractivity contribution is 5.08. The summed E-state index contributed by atoms with van der Waals surface area (Å²) in [5, 5.41) is 3.28. The molecule has 1 aromatic rings. The second-order valence-corrected chi connectivity index (χ2v) is 4.57. The van der Waals surface area contributed by atoms with Crippen LogP contribution in [0.3, 0.4) is 0 Å². The van der Waals surface area contributed by atoms with Crippen molar-refractivity contribution >= 4 is 0 Å². The van der Waals surface area contributed by atoms with Crippen LogP contribution in [0.1, 0.15) is 44.2 Å². The number of hydrogen-bond donors (Lipinski definition) is 1. The lowest BCUT2D eigenvalue weighted by Gasteiger charge is -2.19. The van der Waals surface area contributed by atoms with Gasteiger partial charge in [-0.05, 0) is 39.8 Å². The summed E-state index contributed by atoms with van der Waals surface area (Å²) in [7, 11) is 0. The maximum atomic E-state index is 13.6. The van der Waals surface area contributed by atoms with Crippen LogP contribution in [0.5, 0.6) is 0 Å². The smallest absolute Gasteiger partial charge is 0.197 e. The van der Waals surface area contributed by atoms with Crippen molar-refractivity contribution < 1.29 is 8.81 Å². The van der Waals surface area contributed by atoms with E-state index in [1.165, 1.54) is 20.1 Å². The summed E-state index contributed by atoms with van der Waals surface area (Å²) in [4.78, 5) is 4.24. The van der Waals surface area contributed by atoms with E-state index in [1.54, 1.807) is 0 Å². The first-order chi connectivity index (χ1) is 7.07. The van der Waals surface area contributed by atoms with E-state index in [1.807, 2.05) is 0 Å². The fraction of sp³-hybridized carbons (Fsp3) is 0.727. The normalized spacial score (nSPS) is 19.4. The molecule has 1 aromatic heterocycles. The van der Waals surface area contributed by atoms with E-state index in [0.29, 0.717) is 17.5 Å². The summed E-state index contributed by atoms with van der Waals surface area (Å²) in [6, 6.07) is 0. The summed E-state index contributed by atoms with van der Waals surface area (Å²) < 4.78 is 18.9. The van der Waals surface area contributed by atoms with Gasteiger partial charge >= 0.3 is 0 Å². The van der Waals surface area contributed by atoms with Crippen molar-refractivity contribution in [1.29, 1.82) is 0 Å². The molecule has 84 valence electrons. The highest BCUT2D eigenvalue weighted by atomic mass is 19.1. The van der Waals surface area contributed by atoms with Crippen LogP contribution < -0.4 is 5.32 Å². The average Bonchev–Trinajstić information content (AvgIpc) is 2.67. The van der Waals surface area contributed by atoms with Gasteiger partial charge in [0.05, 0.1) is 0 Å². The van der Waals surface area contributed by atoms with Crippen LogP contribution in [0.4, 0.5) is 4.39 Å². The summed E-state index contributed by atoms with van der Waals surface area (Å²) in [6.07, 6.45) is 3.48. The molecule has 0 radical (unpaired) electrons. The van der Waals surface area contributed by atoms with Crippen LogP contribution in [0.25, 0.3) is 0 Å². The highest BCUT2D eigenvalue weighted by Crippen LogP contribution is 2.29. The topological polar surface area (TPSA) is 38.1 Å². The molecule has 1 aliphatic heterocycles. The number of rotatable bonds is 2. The Balaban J connectivity index is 2.12. The Morgan fingerprint density at radius 2 is 2.13 bits per heavy atom. The molecule has 0 aromatic carbocycles. The first-order valence-corrected chi connectivity index (χ1v) is 5.43. The lowest BCUT2D eigenvalue weighted by atomic mass is 9.98. The fourth-order valence-electron chi connectivity index (χ4n) is 1.82. The van der Waals surface area contributed by atoms with Gasteiger partial charge in [-0.1, -0.05) is 0 Å². The molecule has 2 rings (SSSR count). The first-order valence-electron chi connectivity index (χ1n) is 5.43. The molecule has 4 heteroatoms. The van der Waals surface area contributed by atoms with Crippen molar-refractivity contribution in [3.63, 3.8) is 0 Å². The minimum Gasteiger partial charge on any atom is -0.448 e. The highest BCUT2D eigenvalue weighted by Gasteiger charge is 2.26. The molecule has 1 fully saturated rings. The molecule has 2 heterocycles. The lowest BCUT2D eigenvalue weighted by Crippen LogP contribution is -2.26. The predicted octanol–water partition coefficient (Wildman–Crippen LogP) is 2.35. The van der Waals surface area contributed by atoms with Crippen molar-refractivity contribution in [3.8, 4) is 0 Å². The number of aromatic nitrogens is 1. The molecule has 15 heavy (non-hydrogen) atoms. The van der Waals surface area contributed by atoms with Gasteiger partial charge in [0.15, 0.2) is 5.89 Å². The zero-order chi connectivity index (χ0) is 10.9. The zero-order valence-electron chi connectivity index (χ0n) is 9.22. The van der Waals surface area contributed by atoms with Crippen molar-refractivity contribution in [2.45, 2.75) is 38.3 Å². The molecule has 1 saturated heterocycles. The molecule has 0 atom stereocenters. The van der Waals surface area contributed by atoms with Gasteiger partial charge in [0.2, 0.25) is 0 Å². The molecule has 0 amide bonds. The number of nitrogens with zero attached hydrogens (tertiary/aromatic N) is 1. The van der Waals surface area contributed by atoms with E-state index in [-0.39, 0.29) is 0 Å². The van der Waals surface area contributed by atoms with E-state index < -0.39 is 5.67 Å². The number of piperidine rings is 1.